The minimum atomic E-state index is -4.68. The number of rotatable bonds is 6. The summed E-state index contributed by atoms with van der Waals surface area (Å²) >= 11 is 0. The van der Waals surface area contributed by atoms with E-state index in [1.165, 1.54) is 0 Å². The van der Waals surface area contributed by atoms with Gasteiger partial charge in [-0.25, -0.2) is 26.3 Å². The third-order valence-corrected chi connectivity index (χ3v) is 5.64. The van der Waals surface area contributed by atoms with E-state index < -0.39 is 69.7 Å². The zero-order valence-electron chi connectivity index (χ0n) is 18.6. The van der Waals surface area contributed by atoms with E-state index in [9.17, 15) is 35.1 Å². The van der Waals surface area contributed by atoms with E-state index in [4.69, 9.17) is 9.47 Å². The second kappa shape index (κ2) is 10.1. The van der Waals surface area contributed by atoms with Crippen LogP contribution in [-0.2, 0) is 15.6 Å². The molecule has 0 spiro atoms. The fourth-order valence-corrected chi connectivity index (χ4v) is 3.71. The predicted octanol–water partition coefficient (Wildman–Crippen LogP) is 7.39. The molecule has 0 N–H and O–H groups in total. The largest absolute Gasteiger partial charge is 0.432 e. The van der Waals surface area contributed by atoms with Crippen LogP contribution < -0.4 is 4.74 Å². The number of ether oxygens (including phenoxy) is 3. The van der Waals surface area contributed by atoms with Crippen molar-refractivity contribution in [3.05, 3.63) is 88.5 Å². The molecule has 0 amide bonds. The van der Waals surface area contributed by atoms with E-state index in [0.717, 1.165) is 12.5 Å². The van der Waals surface area contributed by atoms with Gasteiger partial charge in [-0.05, 0) is 36.2 Å². The Morgan fingerprint density at radius 2 is 1.36 bits per heavy atom. The topological polar surface area (TPSA) is 27.7 Å². The minimum Gasteiger partial charge on any atom is -0.429 e. The first-order valence-corrected chi connectivity index (χ1v) is 10.7. The van der Waals surface area contributed by atoms with Crippen molar-refractivity contribution in [2.24, 2.45) is 5.92 Å². The van der Waals surface area contributed by atoms with Gasteiger partial charge in [0.25, 0.3) is 0 Å². The van der Waals surface area contributed by atoms with Crippen LogP contribution in [0.1, 0.15) is 30.8 Å². The Kier molecular flexibility index (Phi) is 7.24. The molecule has 36 heavy (non-hydrogen) atoms. The van der Waals surface area contributed by atoms with Crippen molar-refractivity contribution in [1.82, 2.24) is 0 Å². The summed E-state index contributed by atoms with van der Waals surface area (Å²) in [4.78, 5) is 0. The summed E-state index contributed by atoms with van der Waals surface area (Å²) < 4.78 is 129. The molecule has 1 saturated heterocycles. The maximum absolute atomic E-state index is 14.7. The lowest BCUT2D eigenvalue weighted by atomic mass is 10.0. The van der Waals surface area contributed by atoms with Crippen LogP contribution in [0, 0.1) is 40.8 Å². The molecule has 0 radical (unpaired) electrons. The molecule has 0 saturated carbocycles. The highest BCUT2D eigenvalue weighted by Crippen LogP contribution is 2.39. The maximum Gasteiger partial charge on any atom is 0.432 e. The second-order valence-electron chi connectivity index (χ2n) is 8.14. The maximum atomic E-state index is 14.7. The third kappa shape index (κ3) is 5.17. The van der Waals surface area contributed by atoms with Gasteiger partial charge in [-0.1, -0.05) is 13.0 Å². The molecule has 4 rings (SSSR count). The highest BCUT2D eigenvalue weighted by atomic mass is 19.3. The van der Waals surface area contributed by atoms with Crippen LogP contribution in [0.5, 0.6) is 5.75 Å². The van der Waals surface area contributed by atoms with Crippen molar-refractivity contribution in [3.63, 3.8) is 0 Å². The fourth-order valence-electron chi connectivity index (χ4n) is 3.71. The lowest BCUT2D eigenvalue weighted by molar-refractivity contribution is -0.206. The first-order chi connectivity index (χ1) is 17.0. The molecule has 0 bridgehead atoms. The van der Waals surface area contributed by atoms with Crippen molar-refractivity contribution >= 4 is 0 Å². The number of hydrogen-bond acceptors (Lipinski definition) is 3. The number of alkyl halides is 2. The van der Waals surface area contributed by atoms with Crippen LogP contribution in [0.15, 0.2) is 42.5 Å². The Labute approximate surface area is 200 Å². The molecule has 0 atom stereocenters. The zero-order valence-corrected chi connectivity index (χ0v) is 18.6. The molecule has 1 aliphatic heterocycles. The normalized spacial score (nSPS) is 18.4. The fraction of sp³-hybridized carbons (Fsp3) is 0.280. The van der Waals surface area contributed by atoms with E-state index in [2.05, 4.69) is 4.74 Å². The van der Waals surface area contributed by atoms with Crippen molar-refractivity contribution in [2.75, 3.05) is 13.2 Å². The highest BCUT2D eigenvalue weighted by Gasteiger charge is 2.42. The van der Waals surface area contributed by atoms with Crippen LogP contribution in [0.4, 0.5) is 35.1 Å². The van der Waals surface area contributed by atoms with Crippen LogP contribution in [0.25, 0.3) is 11.1 Å². The Hall–Kier alpha value is -3.18. The van der Waals surface area contributed by atoms with E-state index in [0.29, 0.717) is 36.4 Å². The van der Waals surface area contributed by atoms with Crippen molar-refractivity contribution in [2.45, 2.75) is 25.7 Å². The van der Waals surface area contributed by atoms with Gasteiger partial charge < -0.3 is 14.2 Å². The molecule has 11 heteroatoms. The molecule has 3 nitrogen and oxygen atoms in total. The van der Waals surface area contributed by atoms with Gasteiger partial charge >= 0.3 is 6.11 Å². The Morgan fingerprint density at radius 1 is 0.778 bits per heavy atom. The summed E-state index contributed by atoms with van der Waals surface area (Å²) in [5.41, 5.74) is -3.22. The summed E-state index contributed by atoms with van der Waals surface area (Å²) in [7, 11) is 0. The van der Waals surface area contributed by atoms with E-state index in [-0.39, 0.29) is 24.7 Å². The van der Waals surface area contributed by atoms with Gasteiger partial charge in [0, 0.05) is 23.6 Å². The number of benzene rings is 3. The molecule has 3 aromatic carbocycles. The average molecular weight is 518 g/mol. The van der Waals surface area contributed by atoms with E-state index >= 15 is 0 Å². The van der Waals surface area contributed by atoms with Crippen LogP contribution in [-0.4, -0.2) is 13.2 Å². The van der Waals surface area contributed by atoms with Crippen LogP contribution >= 0.6 is 0 Å². The molecule has 1 fully saturated rings. The van der Waals surface area contributed by atoms with E-state index in [1.54, 1.807) is 0 Å². The molecule has 1 heterocycles. The summed E-state index contributed by atoms with van der Waals surface area (Å²) in [6.07, 6.45) is -5.09. The summed E-state index contributed by atoms with van der Waals surface area (Å²) in [5.74, 6) is -9.97. The predicted molar refractivity (Wildman–Crippen MR) is 111 cm³/mol. The molecule has 0 aromatic heterocycles. The smallest absolute Gasteiger partial charge is 0.429 e. The summed E-state index contributed by atoms with van der Waals surface area (Å²) in [6, 6.07) is 3.87. The van der Waals surface area contributed by atoms with Gasteiger partial charge in [-0.15, -0.1) is 0 Å². The third-order valence-electron chi connectivity index (χ3n) is 5.64. The van der Waals surface area contributed by atoms with Gasteiger partial charge in [0.15, 0.2) is 17.9 Å². The van der Waals surface area contributed by atoms with Gasteiger partial charge in [-0.3, -0.25) is 0 Å². The second-order valence-corrected chi connectivity index (χ2v) is 8.14. The lowest BCUT2D eigenvalue weighted by Crippen LogP contribution is -2.28. The van der Waals surface area contributed by atoms with E-state index in [1.807, 2.05) is 6.92 Å². The molecule has 0 unspecified atom stereocenters. The standard InChI is InChI=1S/C25H18F8O3/c1-2-12-10-34-24(35-11-12)14-6-20(30)23(21(31)7-14)25(32,33)36-15-8-18(28)22(19(29)9-15)13-3-4-16(26)17(27)5-13/h3-9,12,24H,2,10-11H2,1H3. The van der Waals surface area contributed by atoms with Gasteiger partial charge in [0.2, 0.25) is 0 Å². The molecular weight excluding hydrogens is 500 g/mol. The number of hydrogen-bond donors (Lipinski definition) is 0. The lowest BCUT2D eigenvalue weighted by Gasteiger charge is -2.29. The van der Waals surface area contributed by atoms with Gasteiger partial charge in [0.05, 0.1) is 18.8 Å². The van der Waals surface area contributed by atoms with Crippen LogP contribution in [0.3, 0.4) is 0 Å². The van der Waals surface area contributed by atoms with Gasteiger partial charge in [-0.2, -0.15) is 8.78 Å². The van der Waals surface area contributed by atoms with Gasteiger partial charge in [0.1, 0.15) is 34.6 Å². The minimum absolute atomic E-state index is 0.0854. The molecule has 0 aliphatic carbocycles. The summed E-state index contributed by atoms with van der Waals surface area (Å²) in [5, 5.41) is 0. The quantitative estimate of drug-likeness (QED) is 0.319. The molecule has 192 valence electrons. The Balaban J connectivity index is 1.59. The van der Waals surface area contributed by atoms with Crippen molar-refractivity contribution in [3.8, 4) is 16.9 Å². The highest BCUT2D eigenvalue weighted by molar-refractivity contribution is 5.66. The average Bonchev–Trinajstić information content (AvgIpc) is 2.80. The SMILES string of the molecule is CCC1COC(c2cc(F)c(C(F)(F)Oc3cc(F)c(-c4ccc(F)c(F)c4)c(F)c3)c(F)c2)OC1. The molecule has 1 aliphatic rings. The Bertz CT molecular complexity index is 1230. The Morgan fingerprint density at radius 3 is 1.89 bits per heavy atom. The monoisotopic (exact) mass is 518 g/mol. The van der Waals surface area contributed by atoms with Crippen molar-refractivity contribution < 1.29 is 49.3 Å². The molecule has 3 aromatic rings. The zero-order chi connectivity index (χ0) is 26.2. The van der Waals surface area contributed by atoms with Crippen molar-refractivity contribution in [1.29, 1.82) is 0 Å². The van der Waals surface area contributed by atoms with Crippen LogP contribution in [0.2, 0.25) is 0 Å². The summed E-state index contributed by atoms with van der Waals surface area (Å²) in [6.45, 7) is 2.41. The first kappa shape index (κ1) is 25.9. The first-order valence-electron chi connectivity index (χ1n) is 10.7. The molecular formula is C25H18F8O3. The number of halogens is 8.